The molecule has 0 spiro atoms. The fraction of sp³-hybridized carbons (Fsp3) is 0.385. The van der Waals surface area contributed by atoms with Crippen molar-refractivity contribution in [2.45, 2.75) is 33.7 Å². The third-order valence-corrected chi connectivity index (χ3v) is 2.36. The average Bonchev–Trinajstić information content (AvgIpc) is 2.26. The highest BCUT2D eigenvalue weighted by atomic mass is 16.1. The quantitative estimate of drug-likeness (QED) is 0.609. The molecule has 3 heteroatoms. The van der Waals surface area contributed by atoms with Crippen LogP contribution in [0.15, 0.2) is 29.4 Å². The van der Waals surface area contributed by atoms with E-state index < -0.39 is 0 Å². The van der Waals surface area contributed by atoms with Crippen molar-refractivity contribution in [3.05, 3.63) is 35.4 Å². The molecule has 86 valence electrons. The van der Waals surface area contributed by atoms with Crippen LogP contribution in [0.4, 0.5) is 0 Å². The topological polar surface area (TPSA) is 41.5 Å². The normalized spacial score (nSPS) is 11.3. The zero-order valence-electron chi connectivity index (χ0n) is 10.1. The van der Waals surface area contributed by atoms with Gasteiger partial charge in [-0.3, -0.25) is 4.79 Å². The van der Waals surface area contributed by atoms with Gasteiger partial charge in [0.25, 0.3) is 0 Å². The first kappa shape index (κ1) is 12.4. The summed E-state index contributed by atoms with van der Waals surface area (Å²) in [6, 6.07) is 8.23. The molecule has 0 saturated carbocycles. The molecular formula is C13H18N2O. The van der Waals surface area contributed by atoms with Crippen molar-refractivity contribution < 1.29 is 4.79 Å². The number of Topliss-reactive ketones (excluding diaryl/α,β-unsaturated/α-hetero) is 1. The van der Waals surface area contributed by atoms with Crippen molar-refractivity contribution in [2.24, 2.45) is 5.10 Å². The van der Waals surface area contributed by atoms with Crippen LogP contribution in [0.2, 0.25) is 0 Å². The standard InChI is InChI=1S/C13H18N2O/c1-4-13(11(3)16)15-14-9-12-7-5-10(2)6-8-12/h5-8,14H,4,9H2,1-3H3/b15-13-. The monoisotopic (exact) mass is 218 g/mol. The van der Waals surface area contributed by atoms with E-state index in [1.807, 2.05) is 6.92 Å². The minimum Gasteiger partial charge on any atom is -0.305 e. The average molecular weight is 218 g/mol. The molecule has 0 aromatic heterocycles. The van der Waals surface area contributed by atoms with E-state index in [1.54, 1.807) is 0 Å². The summed E-state index contributed by atoms with van der Waals surface area (Å²) >= 11 is 0. The Morgan fingerprint density at radius 1 is 1.31 bits per heavy atom. The molecule has 3 nitrogen and oxygen atoms in total. The van der Waals surface area contributed by atoms with E-state index in [0.29, 0.717) is 18.7 Å². The molecule has 0 aliphatic rings. The van der Waals surface area contributed by atoms with E-state index in [2.05, 4.69) is 41.7 Å². The molecule has 0 aliphatic carbocycles. The summed E-state index contributed by atoms with van der Waals surface area (Å²) in [7, 11) is 0. The Morgan fingerprint density at radius 3 is 2.44 bits per heavy atom. The summed E-state index contributed by atoms with van der Waals surface area (Å²) in [6.07, 6.45) is 0.663. The van der Waals surface area contributed by atoms with Crippen molar-refractivity contribution in [3.8, 4) is 0 Å². The predicted molar refractivity (Wildman–Crippen MR) is 66.4 cm³/mol. The fourth-order valence-electron chi connectivity index (χ4n) is 1.34. The van der Waals surface area contributed by atoms with Gasteiger partial charge in [-0.2, -0.15) is 5.10 Å². The number of carbonyl (C=O) groups is 1. The number of ketones is 1. The van der Waals surface area contributed by atoms with E-state index in [0.717, 1.165) is 5.56 Å². The maximum Gasteiger partial charge on any atom is 0.175 e. The minimum atomic E-state index is 0.0268. The Morgan fingerprint density at radius 2 is 1.94 bits per heavy atom. The predicted octanol–water partition coefficient (Wildman–Crippen LogP) is 2.44. The van der Waals surface area contributed by atoms with Crippen LogP contribution < -0.4 is 5.43 Å². The van der Waals surface area contributed by atoms with Gasteiger partial charge in [-0.1, -0.05) is 36.8 Å². The minimum absolute atomic E-state index is 0.0268. The number of hydrazone groups is 1. The second kappa shape index (κ2) is 6.05. The van der Waals surface area contributed by atoms with Crippen molar-refractivity contribution in [3.63, 3.8) is 0 Å². The lowest BCUT2D eigenvalue weighted by Gasteiger charge is -2.03. The molecule has 0 radical (unpaired) electrons. The molecule has 0 heterocycles. The first-order valence-corrected chi connectivity index (χ1v) is 5.49. The summed E-state index contributed by atoms with van der Waals surface area (Å²) in [4.78, 5) is 11.1. The van der Waals surface area contributed by atoms with Gasteiger partial charge < -0.3 is 5.43 Å². The Kier molecular flexibility index (Phi) is 4.70. The Hall–Kier alpha value is -1.64. The molecule has 0 bridgehead atoms. The molecule has 0 saturated heterocycles. The largest absolute Gasteiger partial charge is 0.305 e. The van der Waals surface area contributed by atoms with Crippen LogP contribution >= 0.6 is 0 Å². The van der Waals surface area contributed by atoms with Gasteiger partial charge in [-0.15, -0.1) is 0 Å². The number of nitrogens with zero attached hydrogens (tertiary/aromatic N) is 1. The zero-order valence-corrected chi connectivity index (χ0v) is 10.1. The molecule has 1 N–H and O–H groups in total. The molecule has 0 amide bonds. The van der Waals surface area contributed by atoms with Crippen LogP contribution in [-0.2, 0) is 11.3 Å². The van der Waals surface area contributed by atoms with E-state index in [9.17, 15) is 4.79 Å². The number of aryl methyl sites for hydroxylation is 1. The van der Waals surface area contributed by atoms with Gasteiger partial charge in [-0.25, -0.2) is 0 Å². The summed E-state index contributed by atoms with van der Waals surface area (Å²) in [5.74, 6) is 0.0268. The highest BCUT2D eigenvalue weighted by molar-refractivity contribution is 6.38. The maximum atomic E-state index is 11.1. The molecule has 1 aromatic rings. The van der Waals surface area contributed by atoms with Gasteiger partial charge in [-0.05, 0) is 18.9 Å². The smallest absolute Gasteiger partial charge is 0.175 e. The SMILES string of the molecule is CC/C(=N/NCc1ccc(C)cc1)C(C)=O. The summed E-state index contributed by atoms with van der Waals surface area (Å²) in [5, 5.41) is 4.08. The molecule has 0 fully saturated rings. The maximum absolute atomic E-state index is 11.1. The lowest BCUT2D eigenvalue weighted by Crippen LogP contribution is -2.15. The zero-order chi connectivity index (χ0) is 12.0. The Bertz CT molecular complexity index is 379. The van der Waals surface area contributed by atoms with Gasteiger partial charge in [0.15, 0.2) is 5.78 Å². The molecular weight excluding hydrogens is 200 g/mol. The highest BCUT2D eigenvalue weighted by Crippen LogP contribution is 2.02. The van der Waals surface area contributed by atoms with E-state index in [1.165, 1.54) is 12.5 Å². The molecule has 16 heavy (non-hydrogen) atoms. The second-order valence-corrected chi connectivity index (χ2v) is 3.79. The lowest BCUT2D eigenvalue weighted by molar-refractivity contribution is -0.111. The van der Waals surface area contributed by atoms with Crippen molar-refractivity contribution in [2.75, 3.05) is 0 Å². The van der Waals surface area contributed by atoms with Crippen LogP contribution in [0.25, 0.3) is 0 Å². The number of nitrogens with one attached hydrogen (secondary N) is 1. The van der Waals surface area contributed by atoms with Gasteiger partial charge in [0.1, 0.15) is 5.71 Å². The third kappa shape index (κ3) is 3.85. The molecule has 0 aliphatic heterocycles. The fourth-order valence-corrected chi connectivity index (χ4v) is 1.34. The van der Waals surface area contributed by atoms with Crippen LogP contribution in [0.5, 0.6) is 0 Å². The van der Waals surface area contributed by atoms with Crippen LogP contribution in [0.3, 0.4) is 0 Å². The second-order valence-electron chi connectivity index (χ2n) is 3.79. The van der Waals surface area contributed by atoms with Crippen molar-refractivity contribution in [1.29, 1.82) is 0 Å². The lowest BCUT2D eigenvalue weighted by atomic mass is 10.1. The molecule has 0 unspecified atom stereocenters. The molecule has 1 rings (SSSR count). The van der Waals surface area contributed by atoms with E-state index in [4.69, 9.17) is 0 Å². The van der Waals surface area contributed by atoms with E-state index in [-0.39, 0.29) is 5.78 Å². The first-order chi connectivity index (χ1) is 7.63. The van der Waals surface area contributed by atoms with Crippen LogP contribution in [-0.4, -0.2) is 11.5 Å². The number of rotatable bonds is 5. The molecule has 1 aromatic carbocycles. The van der Waals surface area contributed by atoms with Crippen molar-refractivity contribution >= 4 is 11.5 Å². The van der Waals surface area contributed by atoms with Gasteiger partial charge in [0.05, 0.1) is 6.54 Å². The first-order valence-electron chi connectivity index (χ1n) is 5.49. The number of hydrogen-bond donors (Lipinski definition) is 1. The number of hydrogen-bond acceptors (Lipinski definition) is 3. The summed E-state index contributed by atoms with van der Waals surface area (Å²) < 4.78 is 0. The Labute approximate surface area is 96.6 Å². The highest BCUT2D eigenvalue weighted by Gasteiger charge is 2.01. The number of carbonyl (C=O) groups excluding carboxylic acids is 1. The summed E-state index contributed by atoms with van der Waals surface area (Å²) in [6.45, 7) is 6.17. The van der Waals surface area contributed by atoms with Gasteiger partial charge >= 0.3 is 0 Å². The molecule has 0 atom stereocenters. The third-order valence-electron chi connectivity index (χ3n) is 2.36. The van der Waals surface area contributed by atoms with Crippen LogP contribution in [0.1, 0.15) is 31.4 Å². The van der Waals surface area contributed by atoms with E-state index >= 15 is 0 Å². The summed E-state index contributed by atoms with van der Waals surface area (Å²) in [5.41, 5.74) is 5.91. The van der Waals surface area contributed by atoms with Crippen molar-refractivity contribution in [1.82, 2.24) is 5.43 Å². The number of benzene rings is 1. The van der Waals surface area contributed by atoms with Gasteiger partial charge in [0.2, 0.25) is 0 Å². The van der Waals surface area contributed by atoms with Crippen LogP contribution in [0, 0.1) is 6.92 Å². The Balaban J connectivity index is 2.52. The van der Waals surface area contributed by atoms with Gasteiger partial charge in [0, 0.05) is 6.92 Å².